The fraction of sp³-hybridized carbons (Fsp3) is 0.500. The summed E-state index contributed by atoms with van der Waals surface area (Å²) >= 11 is 2.97. The number of hydrogen-bond donors (Lipinski definition) is 0. The van der Waals surface area contributed by atoms with E-state index < -0.39 is 0 Å². The lowest BCUT2D eigenvalue weighted by Crippen LogP contribution is -2.05. The molecular formula is C6H9BrO2. The Morgan fingerprint density at radius 3 is 2.89 bits per heavy atom. The molecule has 0 aromatic heterocycles. The Hall–Kier alpha value is -0.310. The topological polar surface area (TPSA) is 26.3 Å². The highest BCUT2D eigenvalue weighted by molar-refractivity contribution is 9.09. The summed E-state index contributed by atoms with van der Waals surface area (Å²) < 4.78 is 4.67. The Labute approximate surface area is 63.0 Å². The van der Waals surface area contributed by atoms with Crippen LogP contribution in [0.2, 0.25) is 0 Å². The summed E-state index contributed by atoms with van der Waals surface area (Å²) in [6.45, 7) is 3.92. The predicted octanol–water partition coefficient (Wildman–Crippen LogP) is 1.50. The van der Waals surface area contributed by atoms with Gasteiger partial charge in [-0.05, 0) is 6.42 Å². The van der Waals surface area contributed by atoms with Crippen LogP contribution in [0.15, 0.2) is 12.7 Å². The summed E-state index contributed by atoms with van der Waals surface area (Å²) in [6, 6.07) is 0. The van der Waals surface area contributed by atoms with Gasteiger partial charge in [0.2, 0.25) is 0 Å². The first kappa shape index (κ1) is 8.69. The molecule has 3 heteroatoms. The van der Waals surface area contributed by atoms with Crippen molar-refractivity contribution in [1.82, 2.24) is 0 Å². The van der Waals surface area contributed by atoms with Crippen molar-refractivity contribution in [3.8, 4) is 0 Å². The van der Waals surface area contributed by atoms with E-state index in [4.69, 9.17) is 0 Å². The number of carbonyl (C=O) groups is 1. The summed E-state index contributed by atoms with van der Waals surface area (Å²) in [6.07, 6.45) is 2.43. The molecule has 0 radical (unpaired) electrons. The van der Waals surface area contributed by atoms with Crippen molar-refractivity contribution in [2.45, 2.75) is 6.42 Å². The lowest BCUT2D eigenvalue weighted by Gasteiger charge is -1.97. The second kappa shape index (κ2) is 5.82. The van der Waals surface area contributed by atoms with Crippen LogP contribution >= 0.6 is 15.9 Å². The third kappa shape index (κ3) is 5.56. The number of esters is 1. The van der Waals surface area contributed by atoms with Crippen LogP contribution in [0, 0.1) is 0 Å². The van der Waals surface area contributed by atoms with E-state index in [9.17, 15) is 4.79 Å². The Kier molecular flexibility index (Phi) is 5.62. The summed E-state index contributed by atoms with van der Waals surface area (Å²) in [5.41, 5.74) is 0. The molecule has 0 amide bonds. The molecule has 52 valence electrons. The van der Waals surface area contributed by atoms with Gasteiger partial charge < -0.3 is 4.74 Å². The van der Waals surface area contributed by atoms with Gasteiger partial charge in [0.25, 0.3) is 0 Å². The standard InChI is InChI=1S/C6H9BrO2/c1-2-3-4-9-6(8)5-7/h2H,1,3-5H2. The van der Waals surface area contributed by atoms with Crippen molar-refractivity contribution in [1.29, 1.82) is 0 Å². The zero-order valence-electron chi connectivity index (χ0n) is 5.10. The minimum atomic E-state index is -0.225. The largest absolute Gasteiger partial charge is 0.465 e. The summed E-state index contributed by atoms with van der Waals surface area (Å²) in [4.78, 5) is 10.4. The molecule has 0 fully saturated rings. The van der Waals surface area contributed by atoms with E-state index in [1.807, 2.05) is 0 Å². The molecule has 0 aliphatic carbocycles. The van der Waals surface area contributed by atoms with E-state index in [0.29, 0.717) is 6.61 Å². The summed E-state index contributed by atoms with van der Waals surface area (Å²) in [5.74, 6) is -0.225. The maximum Gasteiger partial charge on any atom is 0.316 e. The van der Waals surface area contributed by atoms with Crippen molar-refractivity contribution in [3.05, 3.63) is 12.7 Å². The van der Waals surface area contributed by atoms with Crippen LogP contribution in [-0.4, -0.2) is 17.9 Å². The van der Waals surface area contributed by atoms with Gasteiger partial charge in [-0.3, -0.25) is 4.79 Å². The van der Waals surface area contributed by atoms with E-state index in [1.54, 1.807) is 6.08 Å². The normalized spacial score (nSPS) is 8.56. The van der Waals surface area contributed by atoms with E-state index >= 15 is 0 Å². The molecule has 0 aromatic carbocycles. The van der Waals surface area contributed by atoms with Gasteiger partial charge in [-0.1, -0.05) is 22.0 Å². The van der Waals surface area contributed by atoms with Gasteiger partial charge in [-0.25, -0.2) is 0 Å². The zero-order valence-corrected chi connectivity index (χ0v) is 6.69. The van der Waals surface area contributed by atoms with Gasteiger partial charge in [0.1, 0.15) is 5.33 Å². The van der Waals surface area contributed by atoms with Gasteiger partial charge >= 0.3 is 5.97 Å². The first-order chi connectivity index (χ1) is 4.31. The van der Waals surface area contributed by atoms with Crippen LogP contribution in [0.25, 0.3) is 0 Å². The Bertz CT molecular complexity index is 101. The van der Waals surface area contributed by atoms with E-state index in [1.165, 1.54) is 0 Å². The quantitative estimate of drug-likeness (QED) is 0.292. The second-order valence-electron chi connectivity index (χ2n) is 1.43. The molecule has 0 rings (SSSR count). The van der Waals surface area contributed by atoms with Crippen LogP contribution in [0.5, 0.6) is 0 Å². The second-order valence-corrected chi connectivity index (χ2v) is 1.99. The molecule has 0 aliphatic rings. The Morgan fingerprint density at radius 1 is 1.78 bits per heavy atom. The first-order valence-corrected chi connectivity index (χ1v) is 3.76. The van der Waals surface area contributed by atoms with Gasteiger partial charge in [0, 0.05) is 0 Å². The maximum atomic E-state index is 10.4. The first-order valence-electron chi connectivity index (χ1n) is 2.63. The van der Waals surface area contributed by atoms with E-state index in [-0.39, 0.29) is 11.3 Å². The molecule has 2 nitrogen and oxygen atoms in total. The smallest absolute Gasteiger partial charge is 0.316 e. The summed E-state index contributed by atoms with van der Waals surface area (Å²) in [5, 5.41) is 0.268. The van der Waals surface area contributed by atoms with Crippen molar-refractivity contribution in [3.63, 3.8) is 0 Å². The molecule has 9 heavy (non-hydrogen) atoms. The molecule has 0 saturated carbocycles. The SMILES string of the molecule is C=CCCOC(=O)CBr. The number of ether oxygens (including phenoxy) is 1. The average Bonchev–Trinajstić information content (AvgIpc) is 1.89. The van der Waals surface area contributed by atoms with E-state index in [0.717, 1.165) is 6.42 Å². The molecule has 0 saturated heterocycles. The predicted molar refractivity (Wildman–Crippen MR) is 39.6 cm³/mol. The molecule has 0 unspecified atom stereocenters. The van der Waals surface area contributed by atoms with Crippen molar-refractivity contribution in [2.75, 3.05) is 11.9 Å². The number of rotatable bonds is 4. The number of alkyl halides is 1. The minimum Gasteiger partial charge on any atom is -0.465 e. The van der Waals surface area contributed by atoms with Crippen LogP contribution < -0.4 is 0 Å². The molecule has 0 aliphatic heterocycles. The van der Waals surface area contributed by atoms with E-state index in [2.05, 4.69) is 27.2 Å². The van der Waals surface area contributed by atoms with Crippen molar-refractivity contribution < 1.29 is 9.53 Å². The Morgan fingerprint density at radius 2 is 2.44 bits per heavy atom. The van der Waals surface area contributed by atoms with Gasteiger partial charge in [-0.2, -0.15) is 0 Å². The molecule has 0 spiro atoms. The zero-order chi connectivity index (χ0) is 7.11. The highest BCUT2D eigenvalue weighted by atomic mass is 79.9. The van der Waals surface area contributed by atoms with Crippen LogP contribution in [0.4, 0.5) is 0 Å². The lowest BCUT2D eigenvalue weighted by atomic mass is 10.5. The molecule has 0 aromatic rings. The highest BCUT2D eigenvalue weighted by Gasteiger charge is 1.95. The van der Waals surface area contributed by atoms with Crippen LogP contribution in [-0.2, 0) is 9.53 Å². The maximum absolute atomic E-state index is 10.4. The fourth-order valence-electron chi connectivity index (χ4n) is 0.295. The fourth-order valence-corrected chi connectivity index (χ4v) is 0.457. The number of carbonyl (C=O) groups excluding carboxylic acids is 1. The number of hydrogen-bond acceptors (Lipinski definition) is 2. The highest BCUT2D eigenvalue weighted by Crippen LogP contribution is 1.87. The number of halogens is 1. The molecule has 0 atom stereocenters. The monoisotopic (exact) mass is 192 g/mol. The van der Waals surface area contributed by atoms with Gasteiger partial charge in [0.15, 0.2) is 0 Å². The molecule has 0 N–H and O–H groups in total. The third-order valence-corrected chi connectivity index (χ3v) is 1.15. The average molecular weight is 193 g/mol. The van der Waals surface area contributed by atoms with Crippen molar-refractivity contribution >= 4 is 21.9 Å². The van der Waals surface area contributed by atoms with Gasteiger partial charge in [0.05, 0.1) is 6.61 Å². The Balaban J connectivity index is 3.06. The van der Waals surface area contributed by atoms with Crippen LogP contribution in [0.3, 0.4) is 0 Å². The third-order valence-electron chi connectivity index (χ3n) is 0.694. The molecular weight excluding hydrogens is 184 g/mol. The van der Waals surface area contributed by atoms with Crippen molar-refractivity contribution in [2.24, 2.45) is 0 Å². The molecule has 0 heterocycles. The summed E-state index contributed by atoms with van der Waals surface area (Å²) in [7, 11) is 0. The molecule has 0 bridgehead atoms. The van der Waals surface area contributed by atoms with Crippen LogP contribution in [0.1, 0.15) is 6.42 Å². The minimum absolute atomic E-state index is 0.225. The van der Waals surface area contributed by atoms with Gasteiger partial charge in [-0.15, -0.1) is 6.58 Å². The lowest BCUT2D eigenvalue weighted by molar-refractivity contribution is -0.140.